The molecule has 0 bridgehead atoms. The van der Waals surface area contributed by atoms with Crippen molar-refractivity contribution >= 4 is 5.91 Å². The molecule has 100 valence electrons. The van der Waals surface area contributed by atoms with Gasteiger partial charge >= 0.3 is 0 Å². The third kappa shape index (κ3) is 3.10. The molecule has 2 rings (SSSR count). The van der Waals surface area contributed by atoms with Gasteiger partial charge in [0.15, 0.2) is 0 Å². The van der Waals surface area contributed by atoms with Crippen LogP contribution in [0.15, 0.2) is 12.4 Å². The normalized spacial score (nSPS) is 19.1. The highest BCUT2D eigenvalue weighted by atomic mass is 16.2. The molecule has 1 aliphatic heterocycles. The van der Waals surface area contributed by atoms with Gasteiger partial charge in [0, 0.05) is 31.9 Å². The summed E-state index contributed by atoms with van der Waals surface area (Å²) >= 11 is 0. The van der Waals surface area contributed by atoms with E-state index in [4.69, 9.17) is 5.73 Å². The molecule has 1 atom stereocenters. The molecule has 0 spiro atoms. The van der Waals surface area contributed by atoms with Crippen molar-refractivity contribution in [3.05, 3.63) is 18.0 Å². The summed E-state index contributed by atoms with van der Waals surface area (Å²) in [5, 5.41) is 4.06. The highest BCUT2D eigenvalue weighted by Gasteiger charge is 2.23. The fourth-order valence-corrected chi connectivity index (χ4v) is 2.41. The Kier molecular flexibility index (Phi) is 4.36. The SMILES string of the molecule is Cn1cc(C(N)C(=O)N2CCCCCCC2)cn1. The van der Waals surface area contributed by atoms with Crippen molar-refractivity contribution in [2.45, 2.75) is 38.1 Å². The van der Waals surface area contributed by atoms with Crippen LogP contribution < -0.4 is 5.73 Å². The number of amides is 1. The molecular formula is C13H22N4O. The highest BCUT2D eigenvalue weighted by molar-refractivity contribution is 5.82. The Morgan fingerprint density at radius 3 is 2.44 bits per heavy atom. The van der Waals surface area contributed by atoms with Crippen molar-refractivity contribution in [3.63, 3.8) is 0 Å². The van der Waals surface area contributed by atoms with E-state index in [0.29, 0.717) is 0 Å². The Balaban J connectivity index is 2.00. The molecule has 1 fully saturated rings. The first kappa shape index (κ1) is 13.1. The van der Waals surface area contributed by atoms with Crippen LogP contribution in [0.4, 0.5) is 0 Å². The smallest absolute Gasteiger partial charge is 0.244 e. The lowest BCUT2D eigenvalue weighted by Gasteiger charge is -2.27. The van der Waals surface area contributed by atoms with Crippen LogP contribution in [0, 0.1) is 0 Å². The molecule has 1 saturated heterocycles. The second-order valence-corrected chi connectivity index (χ2v) is 5.02. The largest absolute Gasteiger partial charge is 0.341 e. The van der Waals surface area contributed by atoms with E-state index >= 15 is 0 Å². The number of nitrogens with two attached hydrogens (primary N) is 1. The maximum Gasteiger partial charge on any atom is 0.244 e. The topological polar surface area (TPSA) is 64.2 Å². The van der Waals surface area contributed by atoms with Crippen LogP contribution in [0.3, 0.4) is 0 Å². The van der Waals surface area contributed by atoms with Gasteiger partial charge in [0.2, 0.25) is 5.91 Å². The summed E-state index contributed by atoms with van der Waals surface area (Å²) in [5.74, 6) is 0.0323. The van der Waals surface area contributed by atoms with Crippen LogP contribution in [0.2, 0.25) is 0 Å². The average molecular weight is 250 g/mol. The maximum atomic E-state index is 12.3. The first-order valence-electron chi connectivity index (χ1n) is 6.71. The van der Waals surface area contributed by atoms with Gasteiger partial charge in [0.25, 0.3) is 0 Å². The number of aryl methyl sites for hydroxylation is 1. The van der Waals surface area contributed by atoms with Crippen LogP contribution in [-0.2, 0) is 11.8 Å². The molecule has 0 saturated carbocycles. The van der Waals surface area contributed by atoms with E-state index in [1.807, 2.05) is 18.1 Å². The van der Waals surface area contributed by atoms with Crippen molar-refractivity contribution in [2.24, 2.45) is 12.8 Å². The van der Waals surface area contributed by atoms with Crippen molar-refractivity contribution < 1.29 is 4.79 Å². The molecule has 5 heteroatoms. The Bertz CT molecular complexity index is 393. The first-order valence-corrected chi connectivity index (χ1v) is 6.71. The molecule has 5 nitrogen and oxygen atoms in total. The lowest BCUT2D eigenvalue weighted by atomic mass is 10.1. The molecule has 1 aliphatic rings. The quantitative estimate of drug-likeness (QED) is 0.858. The molecule has 1 unspecified atom stereocenters. The molecule has 0 aliphatic carbocycles. The number of nitrogens with zero attached hydrogens (tertiary/aromatic N) is 3. The van der Waals surface area contributed by atoms with Gasteiger partial charge in [0.1, 0.15) is 6.04 Å². The third-order valence-electron chi connectivity index (χ3n) is 3.52. The van der Waals surface area contributed by atoms with E-state index in [-0.39, 0.29) is 5.91 Å². The fourth-order valence-electron chi connectivity index (χ4n) is 2.41. The third-order valence-corrected chi connectivity index (χ3v) is 3.52. The number of rotatable bonds is 2. The minimum Gasteiger partial charge on any atom is -0.341 e. The van der Waals surface area contributed by atoms with E-state index in [2.05, 4.69) is 5.10 Å². The number of likely N-dealkylation sites (tertiary alicyclic amines) is 1. The monoisotopic (exact) mass is 250 g/mol. The van der Waals surface area contributed by atoms with Crippen molar-refractivity contribution in [1.29, 1.82) is 0 Å². The molecule has 1 amide bonds. The second-order valence-electron chi connectivity index (χ2n) is 5.02. The van der Waals surface area contributed by atoms with Gasteiger partial charge in [0.05, 0.1) is 6.20 Å². The molecular weight excluding hydrogens is 228 g/mol. The number of hydrogen-bond acceptors (Lipinski definition) is 3. The zero-order chi connectivity index (χ0) is 13.0. The lowest BCUT2D eigenvalue weighted by molar-refractivity contribution is -0.133. The fraction of sp³-hybridized carbons (Fsp3) is 0.692. The number of hydrogen-bond donors (Lipinski definition) is 1. The molecule has 18 heavy (non-hydrogen) atoms. The molecule has 1 aromatic rings. The van der Waals surface area contributed by atoms with Crippen molar-refractivity contribution in [3.8, 4) is 0 Å². The number of carbonyl (C=O) groups excluding carboxylic acids is 1. The summed E-state index contributed by atoms with van der Waals surface area (Å²) in [7, 11) is 1.83. The maximum absolute atomic E-state index is 12.3. The van der Waals surface area contributed by atoms with Crippen LogP contribution >= 0.6 is 0 Å². The molecule has 0 aromatic carbocycles. The zero-order valence-corrected chi connectivity index (χ0v) is 11.0. The summed E-state index contributed by atoms with van der Waals surface area (Å²) < 4.78 is 1.68. The van der Waals surface area contributed by atoms with E-state index in [9.17, 15) is 4.79 Å². The standard InChI is InChI=1S/C13H22N4O/c1-16-10-11(9-15-16)12(14)13(18)17-7-5-3-2-4-6-8-17/h9-10,12H,2-8,14H2,1H3. The summed E-state index contributed by atoms with van der Waals surface area (Å²) in [6.07, 6.45) is 9.38. The van der Waals surface area contributed by atoms with Gasteiger partial charge in [-0.05, 0) is 12.8 Å². The second kappa shape index (κ2) is 6.00. The minimum atomic E-state index is -0.571. The predicted molar refractivity (Wildman–Crippen MR) is 69.8 cm³/mol. The lowest BCUT2D eigenvalue weighted by Crippen LogP contribution is -2.40. The van der Waals surface area contributed by atoms with Crippen LogP contribution in [0.5, 0.6) is 0 Å². The van der Waals surface area contributed by atoms with Gasteiger partial charge in [-0.25, -0.2) is 0 Å². The van der Waals surface area contributed by atoms with Gasteiger partial charge in [-0.3, -0.25) is 9.48 Å². The molecule has 2 N–H and O–H groups in total. The Morgan fingerprint density at radius 2 is 1.89 bits per heavy atom. The molecule has 1 aromatic heterocycles. The van der Waals surface area contributed by atoms with Gasteiger partial charge in [-0.2, -0.15) is 5.10 Å². The first-order chi connectivity index (χ1) is 8.68. The predicted octanol–water partition coefficient (Wildman–Crippen LogP) is 1.21. The Hall–Kier alpha value is -1.36. The van der Waals surface area contributed by atoms with Crippen molar-refractivity contribution in [1.82, 2.24) is 14.7 Å². The van der Waals surface area contributed by atoms with Crippen molar-refractivity contribution in [2.75, 3.05) is 13.1 Å². The summed E-state index contributed by atoms with van der Waals surface area (Å²) in [6, 6.07) is -0.571. The highest BCUT2D eigenvalue weighted by Crippen LogP contribution is 2.16. The number of aromatic nitrogens is 2. The van der Waals surface area contributed by atoms with E-state index < -0.39 is 6.04 Å². The minimum absolute atomic E-state index is 0.0323. The zero-order valence-electron chi connectivity index (χ0n) is 11.0. The molecule has 0 radical (unpaired) electrons. The number of carbonyl (C=O) groups is 1. The summed E-state index contributed by atoms with van der Waals surface area (Å²) in [4.78, 5) is 14.3. The van der Waals surface area contributed by atoms with E-state index in [0.717, 1.165) is 31.5 Å². The van der Waals surface area contributed by atoms with Gasteiger partial charge in [-0.15, -0.1) is 0 Å². The Morgan fingerprint density at radius 1 is 1.28 bits per heavy atom. The summed E-state index contributed by atoms with van der Waals surface area (Å²) in [6.45, 7) is 1.68. The van der Waals surface area contributed by atoms with Crippen LogP contribution in [-0.4, -0.2) is 33.7 Å². The van der Waals surface area contributed by atoms with E-state index in [1.54, 1.807) is 10.9 Å². The average Bonchev–Trinajstić information content (AvgIpc) is 2.74. The van der Waals surface area contributed by atoms with Gasteiger partial charge in [-0.1, -0.05) is 19.3 Å². The van der Waals surface area contributed by atoms with E-state index in [1.165, 1.54) is 19.3 Å². The van der Waals surface area contributed by atoms with Crippen LogP contribution in [0.1, 0.15) is 43.7 Å². The summed E-state index contributed by atoms with van der Waals surface area (Å²) in [5.41, 5.74) is 6.82. The molecule has 2 heterocycles. The van der Waals surface area contributed by atoms with Gasteiger partial charge < -0.3 is 10.6 Å². The van der Waals surface area contributed by atoms with Crippen LogP contribution in [0.25, 0.3) is 0 Å². The Labute approximate surface area is 108 Å².